The average Bonchev–Trinajstić information content (AvgIpc) is 2.65. The van der Waals surface area contributed by atoms with Crippen molar-refractivity contribution in [1.82, 2.24) is 14.8 Å². The Kier molecular flexibility index (Phi) is 6.30. The summed E-state index contributed by atoms with van der Waals surface area (Å²) in [5, 5.41) is 2.81. The standard InChI is InChI=1S/C17H22N4O4S/c1-20(2)16-14(6-5-11-18-16)12-19-17(22)13-7-9-15(10-8-13)26(23,24)21(3)25-4/h5-11H,12H2,1-4H3,(H,19,22). The molecule has 0 aliphatic rings. The Labute approximate surface area is 153 Å². The van der Waals surface area contributed by atoms with E-state index < -0.39 is 10.0 Å². The third-order valence-electron chi connectivity index (χ3n) is 3.74. The van der Waals surface area contributed by atoms with Crippen LogP contribution in [0.25, 0.3) is 0 Å². The smallest absolute Gasteiger partial charge is 0.264 e. The van der Waals surface area contributed by atoms with Gasteiger partial charge in [0.15, 0.2) is 0 Å². The van der Waals surface area contributed by atoms with Gasteiger partial charge in [-0.05, 0) is 30.3 Å². The number of pyridine rings is 1. The van der Waals surface area contributed by atoms with E-state index in [0.29, 0.717) is 12.1 Å². The van der Waals surface area contributed by atoms with Crippen molar-refractivity contribution in [1.29, 1.82) is 0 Å². The van der Waals surface area contributed by atoms with E-state index in [0.717, 1.165) is 15.8 Å². The number of aromatic nitrogens is 1. The molecule has 2 aromatic rings. The first kappa shape index (κ1) is 19.8. The molecule has 26 heavy (non-hydrogen) atoms. The van der Waals surface area contributed by atoms with Gasteiger partial charge in [0, 0.05) is 45.0 Å². The minimum Gasteiger partial charge on any atom is -0.362 e. The Morgan fingerprint density at radius 1 is 1.15 bits per heavy atom. The molecule has 0 bridgehead atoms. The number of rotatable bonds is 7. The van der Waals surface area contributed by atoms with Gasteiger partial charge in [0.1, 0.15) is 5.82 Å². The maximum absolute atomic E-state index is 12.3. The average molecular weight is 378 g/mol. The van der Waals surface area contributed by atoms with Crippen molar-refractivity contribution in [2.24, 2.45) is 0 Å². The maximum Gasteiger partial charge on any atom is 0.264 e. The number of carbonyl (C=O) groups excluding carboxylic acids is 1. The van der Waals surface area contributed by atoms with Gasteiger partial charge in [-0.2, -0.15) is 0 Å². The van der Waals surface area contributed by atoms with Gasteiger partial charge in [-0.25, -0.2) is 13.4 Å². The largest absolute Gasteiger partial charge is 0.362 e. The van der Waals surface area contributed by atoms with Crippen LogP contribution in [-0.4, -0.2) is 52.0 Å². The summed E-state index contributed by atoms with van der Waals surface area (Å²) in [5.41, 5.74) is 1.24. The summed E-state index contributed by atoms with van der Waals surface area (Å²) in [6.45, 7) is 0.312. The number of sulfonamides is 1. The van der Waals surface area contributed by atoms with Gasteiger partial charge in [-0.3, -0.25) is 9.63 Å². The summed E-state index contributed by atoms with van der Waals surface area (Å²) in [6, 6.07) is 9.35. The van der Waals surface area contributed by atoms with Gasteiger partial charge < -0.3 is 10.2 Å². The molecule has 0 spiro atoms. The van der Waals surface area contributed by atoms with E-state index in [1.165, 1.54) is 38.4 Å². The fraction of sp³-hybridized carbons (Fsp3) is 0.294. The lowest BCUT2D eigenvalue weighted by atomic mass is 10.2. The molecule has 0 radical (unpaired) electrons. The normalized spacial score (nSPS) is 11.4. The fourth-order valence-corrected chi connectivity index (χ4v) is 3.25. The fourth-order valence-electron chi connectivity index (χ4n) is 2.27. The molecular formula is C17H22N4O4S. The van der Waals surface area contributed by atoms with E-state index in [-0.39, 0.29) is 10.8 Å². The molecule has 1 amide bonds. The zero-order chi connectivity index (χ0) is 19.3. The maximum atomic E-state index is 12.3. The first-order chi connectivity index (χ1) is 12.3. The molecule has 1 aromatic heterocycles. The molecule has 8 nitrogen and oxygen atoms in total. The van der Waals surface area contributed by atoms with Gasteiger partial charge in [0.05, 0.1) is 12.0 Å². The van der Waals surface area contributed by atoms with E-state index in [1.54, 1.807) is 12.3 Å². The van der Waals surface area contributed by atoms with Crippen LogP contribution >= 0.6 is 0 Å². The summed E-state index contributed by atoms with van der Waals surface area (Å²) in [5.74, 6) is 0.472. The molecule has 0 unspecified atom stereocenters. The van der Waals surface area contributed by atoms with Crippen molar-refractivity contribution >= 4 is 21.7 Å². The van der Waals surface area contributed by atoms with E-state index in [1.807, 2.05) is 25.1 Å². The lowest BCUT2D eigenvalue weighted by Crippen LogP contribution is -2.26. The Hall–Kier alpha value is -2.49. The number of carbonyl (C=O) groups is 1. The second kappa shape index (κ2) is 8.26. The number of nitrogens with one attached hydrogen (secondary N) is 1. The van der Waals surface area contributed by atoms with Crippen molar-refractivity contribution in [2.45, 2.75) is 11.4 Å². The minimum absolute atomic E-state index is 0.0422. The van der Waals surface area contributed by atoms with E-state index in [2.05, 4.69) is 10.3 Å². The first-order valence-corrected chi connectivity index (χ1v) is 9.24. The lowest BCUT2D eigenvalue weighted by molar-refractivity contribution is -0.0258. The van der Waals surface area contributed by atoms with Crippen molar-refractivity contribution in [3.8, 4) is 0 Å². The van der Waals surface area contributed by atoms with Crippen molar-refractivity contribution in [2.75, 3.05) is 33.2 Å². The third-order valence-corrected chi connectivity index (χ3v) is 5.43. The highest BCUT2D eigenvalue weighted by Crippen LogP contribution is 2.16. The van der Waals surface area contributed by atoms with Crippen LogP contribution in [0.5, 0.6) is 0 Å². The molecule has 1 heterocycles. The second-order valence-electron chi connectivity index (χ2n) is 5.68. The highest BCUT2D eigenvalue weighted by Gasteiger charge is 2.21. The van der Waals surface area contributed by atoms with Crippen LogP contribution in [0.3, 0.4) is 0 Å². The summed E-state index contributed by atoms with van der Waals surface area (Å²) in [7, 11) is 2.58. The summed E-state index contributed by atoms with van der Waals surface area (Å²) in [4.78, 5) is 23.2. The van der Waals surface area contributed by atoms with Gasteiger partial charge in [0.2, 0.25) is 0 Å². The van der Waals surface area contributed by atoms with Gasteiger partial charge in [-0.1, -0.05) is 10.5 Å². The molecule has 9 heteroatoms. The summed E-state index contributed by atoms with van der Waals surface area (Å²) in [6.07, 6.45) is 1.69. The predicted octanol–water partition coefficient (Wildman–Crippen LogP) is 1.26. The second-order valence-corrected chi connectivity index (χ2v) is 7.62. The van der Waals surface area contributed by atoms with Crippen LogP contribution in [0.1, 0.15) is 15.9 Å². The molecular weight excluding hydrogens is 356 g/mol. The first-order valence-electron chi connectivity index (χ1n) is 7.80. The molecule has 2 rings (SSSR count). The Morgan fingerprint density at radius 2 is 1.81 bits per heavy atom. The Morgan fingerprint density at radius 3 is 2.38 bits per heavy atom. The van der Waals surface area contributed by atoms with Crippen molar-refractivity contribution in [3.05, 3.63) is 53.7 Å². The van der Waals surface area contributed by atoms with E-state index in [4.69, 9.17) is 4.84 Å². The number of amides is 1. The van der Waals surface area contributed by atoms with Crippen LogP contribution in [0.2, 0.25) is 0 Å². The molecule has 0 saturated carbocycles. The topological polar surface area (TPSA) is 91.8 Å². The molecule has 0 aliphatic carbocycles. The highest BCUT2D eigenvalue weighted by atomic mass is 32.2. The summed E-state index contributed by atoms with van der Waals surface area (Å²) < 4.78 is 25.0. The number of nitrogens with zero attached hydrogens (tertiary/aromatic N) is 3. The molecule has 1 N–H and O–H groups in total. The molecule has 0 aliphatic heterocycles. The minimum atomic E-state index is -3.74. The molecule has 0 saturated heterocycles. The molecule has 0 fully saturated rings. The number of benzene rings is 1. The molecule has 0 atom stereocenters. The third kappa shape index (κ3) is 4.37. The van der Waals surface area contributed by atoms with Crippen molar-refractivity contribution in [3.63, 3.8) is 0 Å². The van der Waals surface area contributed by atoms with Crippen LogP contribution in [0, 0.1) is 0 Å². The highest BCUT2D eigenvalue weighted by molar-refractivity contribution is 7.89. The van der Waals surface area contributed by atoms with Crippen LogP contribution < -0.4 is 10.2 Å². The zero-order valence-corrected chi connectivity index (χ0v) is 15.9. The monoisotopic (exact) mass is 378 g/mol. The lowest BCUT2D eigenvalue weighted by Gasteiger charge is -2.16. The quantitative estimate of drug-likeness (QED) is 0.730. The number of hydroxylamine groups is 1. The zero-order valence-electron chi connectivity index (χ0n) is 15.1. The number of anilines is 1. The van der Waals surface area contributed by atoms with Crippen LogP contribution in [0.4, 0.5) is 5.82 Å². The summed E-state index contributed by atoms with van der Waals surface area (Å²) >= 11 is 0. The van der Waals surface area contributed by atoms with Gasteiger partial charge >= 0.3 is 0 Å². The predicted molar refractivity (Wildman–Crippen MR) is 98.1 cm³/mol. The van der Waals surface area contributed by atoms with Crippen LogP contribution in [-0.2, 0) is 21.4 Å². The Bertz CT molecular complexity index is 867. The molecule has 1 aromatic carbocycles. The van der Waals surface area contributed by atoms with Gasteiger partial charge in [-0.15, -0.1) is 0 Å². The number of hydrogen-bond acceptors (Lipinski definition) is 6. The SMILES string of the molecule is CON(C)S(=O)(=O)c1ccc(C(=O)NCc2cccnc2N(C)C)cc1. The molecule has 140 valence electrons. The van der Waals surface area contributed by atoms with Gasteiger partial charge in [0.25, 0.3) is 15.9 Å². The van der Waals surface area contributed by atoms with E-state index >= 15 is 0 Å². The van der Waals surface area contributed by atoms with Crippen molar-refractivity contribution < 1.29 is 18.0 Å². The Balaban J connectivity index is 2.10. The number of hydrogen-bond donors (Lipinski definition) is 1. The van der Waals surface area contributed by atoms with E-state index in [9.17, 15) is 13.2 Å². The van der Waals surface area contributed by atoms with Crippen LogP contribution in [0.15, 0.2) is 47.5 Å².